The Kier molecular flexibility index (Phi) is 5.56. The average Bonchev–Trinajstić information content (AvgIpc) is 3.62. The predicted octanol–water partition coefficient (Wildman–Crippen LogP) is 9.03. The van der Waals surface area contributed by atoms with E-state index in [2.05, 4.69) is 125 Å². The normalized spacial score (nSPS) is 16.9. The highest BCUT2D eigenvalue weighted by atomic mass is 15.3. The number of allylic oxidation sites excluding steroid dienone is 2. The first-order valence-electron chi connectivity index (χ1n) is 15.0. The first-order valence-corrected chi connectivity index (χ1v) is 15.0. The molecular formula is C39H27N5. The fourth-order valence-electron chi connectivity index (χ4n) is 6.87. The number of benzene rings is 5. The molecule has 5 aromatic carbocycles. The Hall–Kier alpha value is -5.81. The third-order valence-electron chi connectivity index (χ3n) is 8.77. The molecule has 7 aromatic rings. The molecular weight excluding hydrogens is 538 g/mol. The number of rotatable bonds is 4. The van der Waals surface area contributed by atoms with Gasteiger partial charge in [0, 0.05) is 39.1 Å². The third kappa shape index (κ3) is 3.76. The van der Waals surface area contributed by atoms with Crippen LogP contribution < -0.4 is 4.90 Å². The quantitative estimate of drug-likeness (QED) is 0.214. The van der Waals surface area contributed by atoms with Crippen LogP contribution in [-0.4, -0.2) is 25.6 Å². The van der Waals surface area contributed by atoms with Gasteiger partial charge in [0.2, 0.25) is 5.95 Å². The predicted molar refractivity (Wildman–Crippen MR) is 178 cm³/mol. The molecule has 0 amide bonds. The maximum atomic E-state index is 5.14. The second kappa shape index (κ2) is 9.89. The molecule has 0 fully saturated rings. The van der Waals surface area contributed by atoms with Crippen LogP contribution in [0, 0.1) is 0 Å². The number of nitrogens with zero attached hydrogens (tertiary/aromatic N) is 5. The number of anilines is 2. The van der Waals surface area contributed by atoms with Crippen molar-refractivity contribution >= 4 is 33.4 Å². The maximum Gasteiger partial charge on any atom is 0.234 e. The highest BCUT2D eigenvalue weighted by molar-refractivity contribution is 6.12. The van der Waals surface area contributed by atoms with Gasteiger partial charge in [0.05, 0.1) is 22.8 Å². The van der Waals surface area contributed by atoms with Crippen molar-refractivity contribution in [2.45, 2.75) is 12.0 Å². The van der Waals surface area contributed by atoms with Gasteiger partial charge in [0.15, 0.2) is 11.6 Å². The van der Waals surface area contributed by atoms with E-state index in [4.69, 9.17) is 15.0 Å². The van der Waals surface area contributed by atoms with E-state index in [1.54, 1.807) is 0 Å². The van der Waals surface area contributed by atoms with Gasteiger partial charge in [-0.15, -0.1) is 0 Å². The van der Waals surface area contributed by atoms with Gasteiger partial charge < -0.3 is 9.47 Å². The van der Waals surface area contributed by atoms with Crippen LogP contribution in [-0.2, 0) is 0 Å². The molecule has 0 radical (unpaired) electrons. The summed E-state index contributed by atoms with van der Waals surface area (Å²) in [6.45, 7) is 0. The van der Waals surface area contributed by atoms with Crippen molar-refractivity contribution < 1.29 is 0 Å². The van der Waals surface area contributed by atoms with Gasteiger partial charge in [0.1, 0.15) is 0 Å². The summed E-state index contributed by atoms with van der Waals surface area (Å²) in [5, 5.41) is 2.50. The van der Waals surface area contributed by atoms with Crippen LogP contribution in [0.15, 0.2) is 152 Å². The van der Waals surface area contributed by atoms with E-state index in [0.29, 0.717) is 17.6 Å². The number of hydrogen-bond acceptors (Lipinski definition) is 4. The Bertz CT molecular complexity index is 2180. The van der Waals surface area contributed by atoms with E-state index >= 15 is 0 Å². The van der Waals surface area contributed by atoms with Crippen molar-refractivity contribution in [3.05, 3.63) is 157 Å². The molecule has 2 atom stereocenters. The van der Waals surface area contributed by atoms with E-state index in [1.807, 2.05) is 36.4 Å². The highest BCUT2D eigenvalue weighted by Gasteiger charge is 2.41. The molecule has 0 saturated carbocycles. The van der Waals surface area contributed by atoms with E-state index in [-0.39, 0.29) is 12.0 Å². The van der Waals surface area contributed by atoms with E-state index in [9.17, 15) is 0 Å². The highest BCUT2D eigenvalue weighted by Crippen LogP contribution is 2.51. The number of fused-ring (bicyclic) bond motifs is 7. The molecule has 5 nitrogen and oxygen atoms in total. The second-order valence-electron chi connectivity index (χ2n) is 11.3. The van der Waals surface area contributed by atoms with Gasteiger partial charge in [-0.1, -0.05) is 127 Å². The fraction of sp³-hybridized carbons (Fsp3) is 0.0513. The lowest BCUT2D eigenvalue weighted by Gasteiger charge is -2.27. The lowest BCUT2D eigenvalue weighted by atomic mass is 9.90. The molecule has 2 aromatic heterocycles. The third-order valence-corrected chi connectivity index (χ3v) is 8.77. The lowest BCUT2D eigenvalue weighted by Crippen LogP contribution is -2.30. The molecule has 2 aliphatic rings. The Labute approximate surface area is 255 Å². The minimum atomic E-state index is 0.0254. The fourth-order valence-corrected chi connectivity index (χ4v) is 6.87. The van der Waals surface area contributed by atoms with Crippen LogP contribution in [0.3, 0.4) is 0 Å². The molecule has 9 rings (SSSR count). The first-order chi connectivity index (χ1) is 21.8. The zero-order chi connectivity index (χ0) is 29.0. The number of aromatic nitrogens is 4. The van der Waals surface area contributed by atoms with Crippen molar-refractivity contribution in [1.29, 1.82) is 0 Å². The lowest BCUT2D eigenvalue weighted by molar-refractivity contribution is 0.729. The summed E-state index contributed by atoms with van der Waals surface area (Å²) in [5.74, 6) is 2.10. The molecule has 5 heteroatoms. The maximum absolute atomic E-state index is 5.14. The topological polar surface area (TPSA) is 46.8 Å². The molecule has 0 bridgehead atoms. The van der Waals surface area contributed by atoms with Crippen molar-refractivity contribution in [2.24, 2.45) is 0 Å². The summed E-state index contributed by atoms with van der Waals surface area (Å²) in [6, 6.07) is 44.3. The van der Waals surface area contributed by atoms with Gasteiger partial charge >= 0.3 is 0 Å². The Balaban J connectivity index is 1.34. The molecule has 2 unspecified atom stereocenters. The molecule has 1 aliphatic carbocycles. The molecule has 3 heterocycles. The second-order valence-corrected chi connectivity index (χ2v) is 11.3. The zero-order valence-corrected chi connectivity index (χ0v) is 23.8. The monoisotopic (exact) mass is 565 g/mol. The van der Waals surface area contributed by atoms with E-state index < -0.39 is 0 Å². The minimum Gasteiger partial charge on any atom is -0.309 e. The van der Waals surface area contributed by atoms with Crippen LogP contribution in [0.2, 0.25) is 0 Å². The Morgan fingerprint density at radius 2 is 1.14 bits per heavy atom. The standard InChI is InChI=1S/C39H27N5/c1-4-14-26(15-5-1)37-40-38(27-16-6-2-7-17-27)42-39(41-37)44-33-23-13-11-21-31(33)35-34(44)25-24-30-29-20-10-12-22-32(29)43(36(30)35)28-18-8-3-9-19-28/h1-25,31,33H. The average molecular weight is 566 g/mol. The summed E-state index contributed by atoms with van der Waals surface area (Å²) in [5.41, 5.74) is 7.91. The van der Waals surface area contributed by atoms with E-state index in [0.717, 1.165) is 22.5 Å². The van der Waals surface area contributed by atoms with Gasteiger partial charge in [-0.05, 0) is 24.3 Å². The Morgan fingerprint density at radius 3 is 1.84 bits per heavy atom. The van der Waals surface area contributed by atoms with Gasteiger partial charge in [-0.3, -0.25) is 0 Å². The van der Waals surface area contributed by atoms with Crippen LogP contribution >= 0.6 is 0 Å². The largest absolute Gasteiger partial charge is 0.309 e. The van der Waals surface area contributed by atoms with Gasteiger partial charge in [-0.25, -0.2) is 4.98 Å². The smallest absolute Gasteiger partial charge is 0.234 e. The van der Waals surface area contributed by atoms with Crippen LogP contribution in [0.5, 0.6) is 0 Å². The summed E-state index contributed by atoms with van der Waals surface area (Å²) in [7, 11) is 0. The summed E-state index contributed by atoms with van der Waals surface area (Å²) >= 11 is 0. The molecule has 0 N–H and O–H groups in total. The molecule has 0 spiro atoms. The molecule has 1 aliphatic heterocycles. The van der Waals surface area contributed by atoms with Gasteiger partial charge in [-0.2, -0.15) is 9.97 Å². The Morgan fingerprint density at radius 1 is 0.523 bits per heavy atom. The number of para-hydroxylation sites is 2. The van der Waals surface area contributed by atoms with E-state index in [1.165, 1.54) is 27.4 Å². The zero-order valence-electron chi connectivity index (χ0n) is 23.8. The van der Waals surface area contributed by atoms with Gasteiger partial charge in [0.25, 0.3) is 0 Å². The summed E-state index contributed by atoms with van der Waals surface area (Å²) in [6.07, 6.45) is 8.91. The van der Waals surface area contributed by atoms with Crippen molar-refractivity contribution in [2.75, 3.05) is 4.90 Å². The van der Waals surface area contributed by atoms with Crippen molar-refractivity contribution in [3.8, 4) is 28.5 Å². The molecule has 0 saturated heterocycles. The number of hydrogen-bond donors (Lipinski definition) is 0. The SMILES string of the molecule is C1=CC2c3c(ccc4c5ccccc5n(-c5ccccc5)c34)N(c3nc(-c4ccccc4)nc(-c4ccccc4)n3)C2C=C1. The van der Waals surface area contributed by atoms with Crippen LogP contribution in [0.1, 0.15) is 11.5 Å². The minimum absolute atomic E-state index is 0.0254. The van der Waals surface area contributed by atoms with Crippen molar-refractivity contribution in [1.82, 2.24) is 19.5 Å². The molecule has 44 heavy (non-hydrogen) atoms. The summed E-state index contributed by atoms with van der Waals surface area (Å²) in [4.78, 5) is 17.6. The van der Waals surface area contributed by atoms with Crippen LogP contribution in [0.4, 0.5) is 11.6 Å². The summed E-state index contributed by atoms with van der Waals surface area (Å²) < 4.78 is 2.43. The van der Waals surface area contributed by atoms with Crippen molar-refractivity contribution in [3.63, 3.8) is 0 Å². The molecule has 208 valence electrons. The van der Waals surface area contributed by atoms with Crippen LogP contribution in [0.25, 0.3) is 50.3 Å². The first kappa shape index (κ1) is 24.8.